The average Bonchev–Trinajstić information content (AvgIpc) is 3.13. The van der Waals surface area contributed by atoms with Crippen LogP contribution in [0.5, 0.6) is 5.75 Å². The Morgan fingerprint density at radius 1 is 1.11 bits per heavy atom. The first kappa shape index (κ1) is 17.1. The Morgan fingerprint density at radius 2 is 1.89 bits per heavy atom. The highest BCUT2D eigenvalue weighted by molar-refractivity contribution is 6.00. The van der Waals surface area contributed by atoms with Gasteiger partial charge in [-0.2, -0.15) is 0 Å². The number of nitrogens with zero attached hydrogens (tertiary/aromatic N) is 1. The van der Waals surface area contributed by atoms with Crippen molar-refractivity contribution >= 4 is 23.5 Å². The first-order valence-corrected chi connectivity index (χ1v) is 8.66. The lowest BCUT2D eigenvalue weighted by atomic mass is 9.89. The molecule has 2 aliphatic rings. The maximum absolute atomic E-state index is 12.9. The van der Waals surface area contributed by atoms with Crippen molar-refractivity contribution in [3.05, 3.63) is 59.7 Å². The number of carbonyl (C=O) groups is 3. The standard InChI is InChI=1S/C20H18N2O5/c23-18-11-27-17-7-6-13(8-16(17)21-18)19(24)22-9-14(15(10-22)20(25)26)12-4-2-1-3-5-12/h1-8,14-15H,9-11H2,(H,21,23)(H,25,26)/t14-,15-/m1/s1. The van der Waals surface area contributed by atoms with Gasteiger partial charge in [0.1, 0.15) is 5.75 Å². The number of aliphatic carboxylic acids is 1. The summed E-state index contributed by atoms with van der Waals surface area (Å²) in [6, 6.07) is 14.2. The number of carboxylic acid groups (broad SMARTS) is 1. The summed E-state index contributed by atoms with van der Waals surface area (Å²) in [6.45, 7) is 0.429. The zero-order valence-electron chi connectivity index (χ0n) is 14.4. The molecule has 0 aliphatic carbocycles. The van der Waals surface area contributed by atoms with Gasteiger partial charge in [0.05, 0.1) is 11.6 Å². The van der Waals surface area contributed by atoms with Crippen molar-refractivity contribution in [2.45, 2.75) is 5.92 Å². The molecule has 2 aliphatic heterocycles. The van der Waals surface area contributed by atoms with E-state index in [1.165, 1.54) is 0 Å². The molecule has 0 unspecified atom stereocenters. The zero-order chi connectivity index (χ0) is 19.0. The highest BCUT2D eigenvalue weighted by atomic mass is 16.5. The highest BCUT2D eigenvalue weighted by Crippen LogP contribution is 2.35. The van der Waals surface area contributed by atoms with E-state index in [0.29, 0.717) is 23.5 Å². The Morgan fingerprint density at radius 3 is 2.63 bits per heavy atom. The molecule has 0 saturated carbocycles. The lowest BCUT2D eigenvalue weighted by Gasteiger charge is -2.20. The van der Waals surface area contributed by atoms with E-state index in [0.717, 1.165) is 5.56 Å². The molecule has 2 atom stereocenters. The number of rotatable bonds is 3. The smallest absolute Gasteiger partial charge is 0.308 e. The molecule has 0 aromatic heterocycles. The quantitative estimate of drug-likeness (QED) is 0.866. The molecule has 138 valence electrons. The van der Waals surface area contributed by atoms with Gasteiger partial charge in [0, 0.05) is 24.6 Å². The zero-order valence-corrected chi connectivity index (χ0v) is 14.4. The van der Waals surface area contributed by atoms with Crippen LogP contribution in [0.4, 0.5) is 5.69 Å². The van der Waals surface area contributed by atoms with Gasteiger partial charge in [0.15, 0.2) is 6.61 Å². The van der Waals surface area contributed by atoms with Gasteiger partial charge in [-0.15, -0.1) is 0 Å². The van der Waals surface area contributed by atoms with Crippen LogP contribution in [0, 0.1) is 5.92 Å². The van der Waals surface area contributed by atoms with E-state index in [4.69, 9.17) is 4.74 Å². The van der Waals surface area contributed by atoms with Crippen molar-refractivity contribution in [1.29, 1.82) is 0 Å². The first-order chi connectivity index (χ1) is 13.0. The third kappa shape index (κ3) is 3.23. The number of carbonyl (C=O) groups excluding carboxylic acids is 2. The minimum Gasteiger partial charge on any atom is -0.482 e. The van der Waals surface area contributed by atoms with E-state index in [1.54, 1.807) is 23.1 Å². The molecular weight excluding hydrogens is 348 g/mol. The number of benzene rings is 2. The van der Waals surface area contributed by atoms with E-state index >= 15 is 0 Å². The molecule has 2 heterocycles. The molecule has 1 saturated heterocycles. The van der Waals surface area contributed by atoms with Gasteiger partial charge in [0.25, 0.3) is 11.8 Å². The van der Waals surface area contributed by atoms with Crippen LogP contribution < -0.4 is 10.1 Å². The molecule has 2 aromatic rings. The van der Waals surface area contributed by atoms with Gasteiger partial charge in [0.2, 0.25) is 0 Å². The second kappa shape index (κ2) is 6.75. The second-order valence-corrected chi connectivity index (χ2v) is 6.72. The van der Waals surface area contributed by atoms with Gasteiger partial charge in [-0.3, -0.25) is 14.4 Å². The molecule has 7 heteroatoms. The van der Waals surface area contributed by atoms with Gasteiger partial charge in [-0.1, -0.05) is 30.3 Å². The number of amides is 2. The van der Waals surface area contributed by atoms with E-state index in [9.17, 15) is 19.5 Å². The molecule has 2 N–H and O–H groups in total. The number of anilines is 1. The largest absolute Gasteiger partial charge is 0.482 e. The molecule has 4 rings (SSSR count). The Hall–Kier alpha value is -3.35. The fourth-order valence-corrected chi connectivity index (χ4v) is 3.66. The summed E-state index contributed by atoms with van der Waals surface area (Å²) >= 11 is 0. The Kier molecular flexibility index (Phi) is 4.27. The number of hydrogen-bond donors (Lipinski definition) is 2. The highest BCUT2D eigenvalue weighted by Gasteiger charge is 2.40. The molecule has 2 aromatic carbocycles. The van der Waals surface area contributed by atoms with Crippen LogP contribution in [0.25, 0.3) is 0 Å². The first-order valence-electron chi connectivity index (χ1n) is 8.66. The fraction of sp³-hybridized carbons (Fsp3) is 0.250. The van der Waals surface area contributed by atoms with Crippen LogP contribution >= 0.6 is 0 Å². The number of carboxylic acids is 1. The summed E-state index contributed by atoms with van der Waals surface area (Å²) in [5, 5.41) is 12.3. The van der Waals surface area contributed by atoms with Crippen LogP contribution in [0.2, 0.25) is 0 Å². The predicted molar refractivity (Wildman–Crippen MR) is 96.8 cm³/mol. The molecule has 7 nitrogen and oxygen atoms in total. The third-order valence-corrected chi connectivity index (χ3v) is 5.01. The van der Waals surface area contributed by atoms with Crippen LogP contribution in [0.15, 0.2) is 48.5 Å². The molecule has 27 heavy (non-hydrogen) atoms. The normalized spacial score (nSPS) is 21.2. The summed E-state index contributed by atoms with van der Waals surface area (Å²) in [5.74, 6) is -1.85. The van der Waals surface area contributed by atoms with Gasteiger partial charge in [-0.25, -0.2) is 0 Å². The minimum atomic E-state index is -0.912. The van der Waals surface area contributed by atoms with Gasteiger partial charge < -0.3 is 20.1 Å². The van der Waals surface area contributed by atoms with Crippen molar-refractivity contribution in [2.75, 3.05) is 25.0 Å². The number of ether oxygens (including phenoxy) is 1. The fourth-order valence-electron chi connectivity index (χ4n) is 3.66. The minimum absolute atomic E-state index is 0.0501. The number of fused-ring (bicyclic) bond motifs is 1. The lowest BCUT2D eigenvalue weighted by Crippen LogP contribution is -2.30. The van der Waals surface area contributed by atoms with Crippen molar-refractivity contribution in [3.63, 3.8) is 0 Å². The van der Waals surface area contributed by atoms with Crippen LogP contribution in [-0.4, -0.2) is 47.5 Å². The SMILES string of the molecule is O=C1COc2ccc(C(=O)N3C[C@H](c4ccccc4)[C@H](C(=O)O)C3)cc2N1. The van der Waals surface area contributed by atoms with Crippen molar-refractivity contribution < 1.29 is 24.2 Å². The molecule has 0 spiro atoms. The molecule has 0 radical (unpaired) electrons. The van der Waals surface area contributed by atoms with Crippen molar-refractivity contribution in [3.8, 4) is 5.75 Å². The lowest BCUT2D eigenvalue weighted by molar-refractivity contribution is -0.141. The summed E-state index contributed by atoms with van der Waals surface area (Å²) in [6.07, 6.45) is 0. The summed E-state index contributed by atoms with van der Waals surface area (Å²) in [5.41, 5.74) is 1.74. The molecule has 0 bridgehead atoms. The third-order valence-electron chi connectivity index (χ3n) is 5.01. The number of likely N-dealkylation sites (tertiary alicyclic amines) is 1. The monoisotopic (exact) mass is 366 g/mol. The summed E-state index contributed by atoms with van der Waals surface area (Å²) in [4.78, 5) is 37.7. The van der Waals surface area contributed by atoms with Crippen molar-refractivity contribution in [1.82, 2.24) is 4.90 Å². The molecule has 2 amide bonds. The Bertz CT molecular complexity index is 912. The number of hydrogen-bond acceptors (Lipinski definition) is 4. The Labute approximate surface area is 155 Å². The number of nitrogens with one attached hydrogen (secondary N) is 1. The van der Waals surface area contributed by atoms with E-state index < -0.39 is 11.9 Å². The van der Waals surface area contributed by atoms with Crippen LogP contribution in [0.1, 0.15) is 21.8 Å². The van der Waals surface area contributed by atoms with Crippen LogP contribution in [-0.2, 0) is 9.59 Å². The van der Waals surface area contributed by atoms with Crippen molar-refractivity contribution in [2.24, 2.45) is 5.92 Å². The van der Waals surface area contributed by atoms with E-state index in [1.807, 2.05) is 30.3 Å². The Balaban J connectivity index is 1.58. The van der Waals surface area contributed by atoms with Gasteiger partial charge >= 0.3 is 5.97 Å². The molecular formula is C20H18N2O5. The summed E-state index contributed by atoms with van der Waals surface area (Å²) in [7, 11) is 0. The maximum Gasteiger partial charge on any atom is 0.308 e. The van der Waals surface area contributed by atoms with E-state index in [2.05, 4.69) is 5.32 Å². The average molecular weight is 366 g/mol. The maximum atomic E-state index is 12.9. The second-order valence-electron chi connectivity index (χ2n) is 6.72. The van der Waals surface area contributed by atoms with E-state index in [-0.39, 0.29) is 30.9 Å². The van der Waals surface area contributed by atoms with Crippen LogP contribution in [0.3, 0.4) is 0 Å². The van der Waals surface area contributed by atoms with Gasteiger partial charge in [-0.05, 0) is 23.8 Å². The summed E-state index contributed by atoms with van der Waals surface area (Å²) < 4.78 is 5.30. The molecule has 1 fully saturated rings. The predicted octanol–water partition coefficient (Wildman–Crippen LogP) is 1.96. The topological polar surface area (TPSA) is 95.9 Å².